The fourth-order valence-electron chi connectivity index (χ4n) is 3.09. The minimum atomic E-state index is -0.253. The third kappa shape index (κ3) is 3.85. The SMILES string of the molecule is CC(CCCC(=O)Nc1cccc(Br)c1)N1C(=O)c2ccccc2C1=O. The molecule has 1 N–H and O–H groups in total. The van der Waals surface area contributed by atoms with Crippen LogP contribution in [-0.4, -0.2) is 28.7 Å². The highest BCUT2D eigenvalue weighted by Crippen LogP contribution is 2.26. The first-order chi connectivity index (χ1) is 12.5. The highest BCUT2D eigenvalue weighted by atomic mass is 79.9. The predicted molar refractivity (Wildman–Crippen MR) is 103 cm³/mol. The van der Waals surface area contributed by atoms with E-state index in [2.05, 4.69) is 21.2 Å². The number of fused-ring (bicyclic) bond motifs is 1. The molecule has 0 aromatic heterocycles. The van der Waals surface area contributed by atoms with Crippen LogP contribution in [0.1, 0.15) is 46.9 Å². The lowest BCUT2D eigenvalue weighted by Crippen LogP contribution is -2.38. The Labute approximate surface area is 160 Å². The van der Waals surface area contributed by atoms with E-state index < -0.39 is 0 Å². The Balaban J connectivity index is 1.52. The monoisotopic (exact) mass is 414 g/mol. The van der Waals surface area contributed by atoms with Crippen LogP contribution < -0.4 is 5.32 Å². The summed E-state index contributed by atoms with van der Waals surface area (Å²) in [6, 6.07) is 14.0. The maximum absolute atomic E-state index is 12.4. The second-order valence-electron chi connectivity index (χ2n) is 6.33. The average molecular weight is 415 g/mol. The van der Waals surface area contributed by atoms with Crippen LogP contribution in [0.5, 0.6) is 0 Å². The zero-order chi connectivity index (χ0) is 18.7. The molecule has 2 aromatic rings. The molecular formula is C20H19BrN2O3. The molecule has 1 atom stereocenters. The molecule has 0 saturated carbocycles. The molecule has 1 aliphatic heterocycles. The van der Waals surface area contributed by atoms with Gasteiger partial charge in [0.1, 0.15) is 0 Å². The average Bonchev–Trinajstić information content (AvgIpc) is 2.86. The summed E-state index contributed by atoms with van der Waals surface area (Å²) in [5.41, 5.74) is 1.64. The number of carbonyl (C=O) groups is 3. The summed E-state index contributed by atoms with van der Waals surface area (Å²) >= 11 is 3.36. The maximum atomic E-state index is 12.4. The van der Waals surface area contributed by atoms with Gasteiger partial charge in [0.25, 0.3) is 11.8 Å². The number of nitrogens with zero attached hydrogens (tertiary/aromatic N) is 1. The Morgan fingerprint density at radius 2 is 1.73 bits per heavy atom. The molecule has 26 heavy (non-hydrogen) atoms. The van der Waals surface area contributed by atoms with Crippen molar-refractivity contribution in [3.63, 3.8) is 0 Å². The molecule has 0 radical (unpaired) electrons. The maximum Gasteiger partial charge on any atom is 0.261 e. The van der Waals surface area contributed by atoms with Gasteiger partial charge in [0.2, 0.25) is 5.91 Å². The summed E-state index contributed by atoms with van der Waals surface area (Å²) in [5, 5.41) is 2.84. The van der Waals surface area contributed by atoms with Crippen molar-refractivity contribution in [2.75, 3.05) is 5.32 Å². The number of nitrogens with one attached hydrogen (secondary N) is 1. The molecule has 1 aliphatic rings. The van der Waals surface area contributed by atoms with Crippen molar-refractivity contribution < 1.29 is 14.4 Å². The molecule has 1 unspecified atom stereocenters. The van der Waals surface area contributed by atoms with Crippen LogP contribution in [0.15, 0.2) is 53.0 Å². The lowest BCUT2D eigenvalue weighted by atomic mass is 10.1. The van der Waals surface area contributed by atoms with Crippen LogP contribution in [0, 0.1) is 0 Å². The van der Waals surface area contributed by atoms with Gasteiger partial charge in [0.15, 0.2) is 0 Å². The van der Waals surface area contributed by atoms with Crippen LogP contribution in [-0.2, 0) is 4.79 Å². The third-order valence-electron chi connectivity index (χ3n) is 4.40. The van der Waals surface area contributed by atoms with E-state index in [0.29, 0.717) is 30.4 Å². The topological polar surface area (TPSA) is 66.5 Å². The molecule has 6 heteroatoms. The molecule has 0 aliphatic carbocycles. The van der Waals surface area contributed by atoms with Crippen molar-refractivity contribution in [3.8, 4) is 0 Å². The Hall–Kier alpha value is -2.47. The van der Waals surface area contributed by atoms with E-state index in [1.54, 1.807) is 24.3 Å². The normalized spacial score (nSPS) is 14.3. The molecule has 5 nitrogen and oxygen atoms in total. The smallest absolute Gasteiger partial charge is 0.261 e. The van der Waals surface area contributed by atoms with E-state index in [1.165, 1.54) is 4.90 Å². The van der Waals surface area contributed by atoms with Crippen molar-refractivity contribution in [2.45, 2.75) is 32.2 Å². The van der Waals surface area contributed by atoms with E-state index in [4.69, 9.17) is 0 Å². The number of imide groups is 1. The molecule has 3 amide bonds. The molecule has 0 saturated heterocycles. The molecule has 134 valence electrons. The summed E-state index contributed by atoms with van der Waals surface area (Å²) in [6.45, 7) is 1.84. The van der Waals surface area contributed by atoms with Crippen LogP contribution in [0.3, 0.4) is 0 Å². The highest BCUT2D eigenvalue weighted by Gasteiger charge is 2.37. The highest BCUT2D eigenvalue weighted by molar-refractivity contribution is 9.10. The van der Waals surface area contributed by atoms with Gasteiger partial charge in [-0.25, -0.2) is 0 Å². The summed E-state index contributed by atoms with van der Waals surface area (Å²) in [4.78, 5) is 38.2. The molecule has 0 fully saturated rings. The number of hydrogen-bond acceptors (Lipinski definition) is 3. The summed E-state index contributed by atoms with van der Waals surface area (Å²) in [6.07, 6.45) is 1.51. The molecule has 1 heterocycles. The number of amides is 3. The van der Waals surface area contributed by atoms with Crippen molar-refractivity contribution in [2.24, 2.45) is 0 Å². The summed E-state index contributed by atoms with van der Waals surface area (Å²) in [7, 11) is 0. The van der Waals surface area contributed by atoms with Gasteiger partial charge in [0, 0.05) is 22.6 Å². The first-order valence-electron chi connectivity index (χ1n) is 8.49. The standard InChI is InChI=1S/C20H19BrN2O3/c1-13(23-19(25)16-9-2-3-10-17(16)20(23)26)6-4-11-18(24)22-15-8-5-7-14(21)12-15/h2-3,5,7-10,12-13H,4,6,11H2,1H3,(H,22,24). The van der Waals surface area contributed by atoms with Crippen molar-refractivity contribution in [1.29, 1.82) is 0 Å². The Kier molecular flexibility index (Phi) is 5.52. The number of rotatable bonds is 6. The van der Waals surface area contributed by atoms with Gasteiger partial charge in [-0.15, -0.1) is 0 Å². The number of carbonyl (C=O) groups excluding carboxylic acids is 3. The molecule has 3 rings (SSSR count). The van der Waals surface area contributed by atoms with Gasteiger partial charge in [-0.3, -0.25) is 19.3 Å². The zero-order valence-electron chi connectivity index (χ0n) is 14.4. The van der Waals surface area contributed by atoms with Crippen molar-refractivity contribution in [1.82, 2.24) is 4.90 Å². The van der Waals surface area contributed by atoms with Crippen molar-refractivity contribution in [3.05, 3.63) is 64.1 Å². The van der Waals surface area contributed by atoms with Gasteiger partial charge in [-0.2, -0.15) is 0 Å². The minimum absolute atomic E-state index is 0.0855. The van der Waals surface area contributed by atoms with E-state index in [9.17, 15) is 14.4 Å². The Morgan fingerprint density at radius 3 is 2.35 bits per heavy atom. The van der Waals surface area contributed by atoms with Crippen LogP contribution >= 0.6 is 15.9 Å². The first-order valence-corrected chi connectivity index (χ1v) is 9.29. The second-order valence-corrected chi connectivity index (χ2v) is 7.24. The van der Waals surface area contributed by atoms with E-state index >= 15 is 0 Å². The fraction of sp³-hybridized carbons (Fsp3) is 0.250. The van der Waals surface area contributed by atoms with E-state index in [0.717, 1.165) is 10.2 Å². The summed E-state index contributed by atoms with van der Waals surface area (Å²) in [5.74, 6) is -0.592. The summed E-state index contributed by atoms with van der Waals surface area (Å²) < 4.78 is 0.898. The van der Waals surface area contributed by atoms with Crippen LogP contribution in [0.25, 0.3) is 0 Å². The molecule has 0 bridgehead atoms. The first kappa shape index (κ1) is 18.3. The van der Waals surface area contributed by atoms with Gasteiger partial charge in [-0.1, -0.05) is 34.1 Å². The minimum Gasteiger partial charge on any atom is -0.326 e. The number of benzene rings is 2. The second kappa shape index (κ2) is 7.83. The number of halogens is 1. The largest absolute Gasteiger partial charge is 0.326 e. The number of anilines is 1. The van der Waals surface area contributed by atoms with Gasteiger partial charge in [-0.05, 0) is 50.1 Å². The Bertz CT molecular complexity index is 831. The van der Waals surface area contributed by atoms with Crippen LogP contribution in [0.2, 0.25) is 0 Å². The van der Waals surface area contributed by atoms with E-state index in [-0.39, 0.29) is 23.8 Å². The van der Waals surface area contributed by atoms with Gasteiger partial charge < -0.3 is 5.32 Å². The lowest BCUT2D eigenvalue weighted by Gasteiger charge is -2.22. The van der Waals surface area contributed by atoms with Gasteiger partial charge in [0.05, 0.1) is 11.1 Å². The van der Waals surface area contributed by atoms with E-state index in [1.807, 2.05) is 31.2 Å². The fourth-order valence-corrected chi connectivity index (χ4v) is 3.48. The zero-order valence-corrected chi connectivity index (χ0v) is 16.0. The predicted octanol–water partition coefficient (Wildman–Crippen LogP) is 4.24. The molecule has 0 spiro atoms. The van der Waals surface area contributed by atoms with Crippen LogP contribution in [0.4, 0.5) is 5.69 Å². The van der Waals surface area contributed by atoms with Crippen molar-refractivity contribution >= 4 is 39.3 Å². The Morgan fingerprint density at radius 1 is 1.08 bits per heavy atom. The number of hydrogen-bond donors (Lipinski definition) is 1. The lowest BCUT2D eigenvalue weighted by molar-refractivity contribution is -0.116. The molecule has 2 aromatic carbocycles. The third-order valence-corrected chi connectivity index (χ3v) is 4.89. The quantitative estimate of drug-likeness (QED) is 0.718. The van der Waals surface area contributed by atoms with Gasteiger partial charge >= 0.3 is 0 Å². The molecular weight excluding hydrogens is 396 g/mol.